The second-order valence-corrected chi connectivity index (χ2v) is 5.60. The lowest BCUT2D eigenvalue weighted by Gasteiger charge is -2.17. The van der Waals surface area contributed by atoms with Crippen LogP contribution in [0.5, 0.6) is 0 Å². The molecule has 0 radical (unpaired) electrons. The summed E-state index contributed by atoms with van der Waals surface area (Å²) < 4.78 is 0.828. The predicted octanol–water partition coefficient (Wildman–Crippen LogP) is 2.70. The Balaban J connectivity index is 2.42. The highest BCUT2D eigenvalue weighted by atomic mass is 79.9. The number of aromatic nitrogens is 1. The Morgan fingerprint density at radius 2 is 2.00 bits per heavy atom. The third-order valence-electron chi connectivity index (χ3n) is 2.03. The van der Waals surface area contributed by atoms with E-state index in [1.54, 1.807) is 30.5 Å². The van der Waals surface area contributed by atoms with Crippen molar-refractivity contribution in [2.24, 2.45) is 5.73 Å². The predicted molar refractivity (Wildman–Crippen MR) is 72.4 cm³/mol. The first-order chi connectivity index (χ1) is 8.08. The standard InChI is InChI=1S/C10H9BrN4OS/c11-8-5-14-10(17-8)15(9(13)16)7-3-1-6(12)2-4-7/h1-5H,12H2,(H2,13,16). The van der Waals surface area contributed by atoms with E-state index in [4.69, 9.17) is 11.5 Å². The Hall–Kier alpha value is -1.60. The molecule has 2 amide bonds. The number of carbonyl (C=O) groups is 1. The minimum absolute atomic E-state index is 0.508. The molecule has 2 rings (SSSR count). The van der Waals surface area contributed by atoms with Crippen molar-refractivity contribution in [2.75, 3.05) is 10.6 Å². The lowest BCUT2D eigenvalue weighted by Crippen LogP contribution is -2.31. The fourth-order valence-electron chi connectivity index (χ4n) is 1.30. The van der Waals surface area contributed by atoms with Gasteiger partial charge in [0.1, 0.15) is 0 Å². The molecule has 0 aliphatic rings. The molecule has 0 unspecified atom stereocenters. The molecule has 4 N–H and O–H groups in total. The third kappa shape index (κ3) is 2.56. The number of hydrogen-bond acceptors (Lipinski definition) is 4. The summed E-state index contributed by atoms with van der Waals surface area (Å²) in [5.41, 5.74) is 12.2. The molecule has 7 heteroatoms. The van der Waals surface area contributed by atoms with Crippen LogP contribution in [0.15, 0.2) is 34.2 Å². The van der Waals surface area contributed by atoms with Crippen molar-refractivity contribution < 1.29 is 4.79 Å². The van der Waals surface area contributed by atoms with Crippen molar-refractivity contribution in [2.45, 2.75) is 0 Å². The van der Waals surface area contributed by atoms with Crippen LogP contribution in [0, 0.1) is 0 Å². The second kappa shape index (κ2) is 4.72. The third-order valence-corrected chi connectivity index (χ3v) is 3.49. The van der Waals surface area contributed by atoms with Gasteiger partial charge in [0.15, 0.2) is 5.13 Å². The number of anilines is 3. The number of thiazole rings is 1. The lowest BCUT2D eigenvalue weighted by molar-refractivity contribution is 0.256. The van der Waals surface area contributed by atoms with Gasteiger partial charge in [-0.2, -0.15) is 0 Å². The first-order valence-corrected chi connectivity index (χ1v) is 6.25. The quantitative estimate of drug-likeness (QED) is 0.836. The highest BCUT2D eigenvalue weighted by Gasteiger charge is 2.18. The van der Waals surface area contributed by atoms with E-state index in [2.05, 4.69) is 20.9 Å². The number of primary amides is 1. The molecule has 0 aliphatic carbocycles. The first-order valence-electron chi connectivity index (χ1n) is 4.64. The summed E-state index contributed by atoms with van der Waals surface area (Å²) in [4.78, 5) is 16.9. The van der Waals surface area contributed by atoms with Gasteiger partial charge in [0, 0.05) is 5.69 Å². The van der Waals surface area contributed by atoms with Crippen molar-refractivity contribution >= 4 is 49.8 Å². The van der Waals surface area contributed by atoms with Crippen LogP contribution in [-0.4, -0.2) is 11.0 Å². The van der Waals surface area contributed by atoms with Crippen molar-refractivity contribution in [3.05, 3.63) is 34.2 Å². The van der Waals surface area contributed by atoms with Gasteiger partial charge in [-0.3, -0.25) is 0 Å². The molecule has 0 bridgehead atoms. The van der Waals surface area contributed by atoms with E-state index in [9.17, 15) is 4.79 Å². The van der Waals surface area contributed by atoms with Crippen LogP contribution in [0.4, 0.5) is 21.3 Å². The first kappa shape index (κ1) is 11.9. The summed E-state index contributed by atoms with van der Waals surface area (Å²) in [6.45, 7) is 0. The molecule has 0 saturated carbocycles. The number of benzene rings is 1. The van der Waals surface area contributed by atoms with E-state index < -0.39 is 6.03 Å². The van der Waals surface area contributed by atoms with Gasteiger partial charge in [0.05, 0.1) is 15.7 Å². The number of amides is 2. The van der Waals surface area contributed by atoms with Gasteiger partial charge in [-0.15, -0.1) is 0 Å². The van der Waals surface area contributed by atoms with Gasteiger partial charge in [-0.1, -0.05) is 11.3 Å². The maximum atomic E-state index is 11.5. The van der Waals surface area contributed by atoms with Gasteiger partial charge >= 0.3 is 6.03 Å². The monoisotopic (exact) mass is 312 g/mol. The minimum Gasteiger partial charge on any atom is -0.399 e. The molecule has 2 aromatic rings. The van der Waals surface area contributed by atoms with Crippen molar-refractivity contribution in [1.29, 1.82) is 0 Å². The zero-order valence-electron chi connectivity index (χ0n) is 8.63. The Morgan fingerprint density at radius 3 is 2.47 bits per heavy atom. The second-order valence-electron chi connectivity index (χ2n) is 3.21. The Labute approximate surface area is 110 Å². The van der Waals surface area contributed by atoms with E-state index in [0.29, 0.717) is 16.5 Å². The molecule has 88 valence electrons. The fourth-order valence-corrected chi connectivity index (χ4v) is 2.51. The molecule has 0 aliphatic heterocycles. The van der Waals surface area contributed by atoms with E-state index in [1.165, 1.54) is 16.2 Å². The van der Waals surface area contributed by atoms with E-state index in [0.717, 1.165) is 3.79 Å². The smallest absolute Gasteiger partial charge is 0.325 e. The van der Waals surface area contributed by atoms with E-state index in [1.807, 2.05) is 0 Å². The zero-order valence-corrected chi connectivity index (χ0v) is 11.0. The molecule has 1 aromatic carbocycles. The summed E-state index contributed by atoms with van der Waals surface area (Å²) in [6, 6.07) is 6.25. The highest BCUT2D eigenvalue weighted by molar-refractivity contribution is 9.11. The Kier molecular flexibility index (Phi) is 3.30. The van der Waals surface area contributed by atoms with Gasteiger partial charge in [0.2, 0.25) is 0 Å². The van der Waals surface area contributed by atoms with E-state index >= 15 is 0 Å². The average molecular weight is 313 g/mol. The van der Waals surface area contributed by atoms with Crippen LogP contribution < -0.4 is 16.4 Å². The summed E-state index contributed by atoms with van der Waals surface area (Å²) in [5, 5.41) is 0.508. The number of nitrogen functional groups attached to an aromatic ring is 1. The summed E-state index contributed by atoms with van der Waals surface area (Å²) >= 11 is 4.61. The van der Waals surface area contributed by atoms with Crippen LogP contribution in [0.25, 0.3) is 0 Å². The number of carbonyl (C=O) groups excluding carboxylic acids is 1. The van der Waals surface area contributed by atoms with Crippen LogP contribution in [-0.2, 0) is 0 Å². The van der Waals surface area contributed by atoms with Gasteiger partial charge in [-0.25, -0.2) is 14.7 Å². The largest absolute Gasteiger partial charge is 0.399 e. The zero-order chi connectivity index (χ0) is 12.4. The molecule has 0 atom stereocenters. The van der Waals surface area contributed by atoms with Crippen molar-refractivity contribution in [1.82, 2.24) is 4.98 Å². The molecule has 0 saturated heterocycles. The molecular weight excluding hydrogens is 304 g/mol. The lowest BCUT2D eigenvalue weighted by atomic mass is 10.3. The van der Waals surface area contributed by atoms with Crippen LogP contribution in [0.3, 0.4) is 0 Å². The summed E-state index contributed by atoms with van der Waals surface area (Å²) in [5.74, 6) is 0. The number of halogens is 1. The maximum Gasteiger partial charge on any atom is 0.325 e. The van der Waals surface area contributed by atoms with Gasteiger partial charge in [0.25, 0.3) is 0 Å². The fraction of sp³-hybridized carbons (Fsp3) is 0. The number of hydrogen-bond donors (Lipinski definition) is 2. The van der Waals surface area contributed by atoms with Crippen molar-refractivity contribution in [3.8, 4) is 0 Å². The topological polar surface area (TPSA) is 85.2 Å². The van der Waals surface area contributed by atoms with Crippen molar-refractivity contribution in [3.63, 3.8) is 0 Å². The SMILES string of the molecule is NC(=O)N(c1ccc(N)cc1)c1ncc(Br)s1. The summed E-state index contributed by atoms with van der Waals surface area (Å²) in [7, 11) is 0. The van der Waals surface area contributed by atoms with Crippen LogP contribution in [0.2, 0.25) is 0 Å². The molecule has 5 nitrogen and oxygen atoms in total. The van der Waals surface area contributed by atoms with Crippen LogP contribution >= 0.6 is 27.3 Å². The summed E-state index contributed by atoms with van der Waals surface area (Å²) in [6.07, 6.45) is 1.62. The molecule has 1 heterocycles. The normalized spacial score (nSPS) is 10.2. The van der Waals surface area contributed by atoms with E-state index in [-0.39, 0.29) is 0 Å². The number of nitrogens with zero attached hydrogens (tertiary/aromatic N) is 2. The number of rotatable bonds is 2. The van der Waals surface area contributed by atoms with Gasteiger partial charge in [-0.05, 0) is 40.2 Å². The Morgan fingerprint density at radius 1 is 1.35 bits per heavy atom. The molecular formula is C10H9BrN4OS. The molecule has 0 spiro atoms. The molecule has 17 heavy (non-hydrogen) atoms. The Bertz CT molecular complexity index is 539. The highest BCUT2D eigenvalue weighted by Crippen LogP contribution is 2.32. The average Bonchev–Trinajstić information content (AvgIpc) is 2.68. The maximum absolute atomic E-state index is 11.5. The molecule has 1 aromatic heterocycles. The molecule has 0 fully saturated rings. The minimum atomic E-state index is -0.586. The number of urea groups is 1. The van der Waals surface area contributed by atoms with Crippen LogP contribution in [0.1, 0.15) is 0 Å². The number of nitrogens with two attached hydrogens (primary N) is 2. The van der Waals surface area contributed by atoms with Gasteiger partial charge < -0.3 is 11.5 Å².